The summed E-state index contributed by atoms with van der Waals surface area (Å²) in [5.74, 6) is 1.89. The highest BCUT2D eigenvalue weighted by Crippen LogP contribution is 2.23. The first kappa shape index (κ1) is 17.7. The zero-order valence-corrected chi connectivity index (χ0v) is 15.8. The highest BCUT2D eigenvalue weighted by Gasteiger charge is 2.22. The molecule has 1 aliphatic rings. The van der Waals surface area contributed by atoms with E-state index in [0.717, 1.165) is 36.4 Å². The second kappa shape index (κ2) is 7.48. The first-order chi connectivity index (χ1) is 13.1. The second-order valence-corrected chi connectivity index (χ2v) is 7.34. The minimum absolute atomic E-state index is 0.124. The van der Waals surface area contributed by atoms with E-state index in [1.807, 2.05) is 28.8 Å². The maximum Gasteiger partial charge on any atom is 0.245 e. The molecule has 1 unspecified atom stereocenters. The predicted octanol–water partition coefficient (Wildman–Crippen LogP) is 1.69. The molecule has 1 amide bonds. The smallest absolute Gasteiger partial charge is 0.245 e. The monoisotopic (exact) mass is 367 g/mol. The molecule has 3 aromatic rings. The Kier molecular flexibility index (Phi) is 4.89. The van der Waals surface area contributed by atoms with Crippen LogP contribution in [0.2, 0.25) is 0 Å². The van der Waals surface area contributed by atoms with Gasteiger partial charge in [0.2, 0.25) is 5.91 Å². The second-order valence-electron chi connectivity index (χ2n) is 7.34. The van der Waals surface area contributed by atoms with E-state index < -0.39 is 0 Å². The quantitative estimate of drug-likeness (QED) is 0.742. The third kappa shape index (κ3) is 4.00. The van der Waals surface area contributed by atoms with Crippen LogP contribution in [0.1, 0.15) is 18.7 Å². The first-order valence-corrected chi connectivity index (χ1v) is 9.37. The molecular formula is C19H25N7O. The molecule has 1 saturated heterocycles. The normalized spacial score (nSPS) is 18.1. The molecule has 4 rings (SSSR count). The molecule has 1 atom stereocenters. The number of piperidine rings is 1. The number of fused-ring (bicyclic) bond motifs is 1. The number of aryl methyl sites for hydroxylation is 1. The molecule has 0 radical (unpaired) electrons. The fourth-order valence-electron chi connectivity index (χ4n) is 3.88. The topological polar surface area (TPSA) is 80.9 Å². The molecule has 0 aliphatic carbocycles. The van der Waals surface area contributed by atoms with Crippen molar-refractivity contribution in [2.24, 2.45) is 13.0 Å². The van der Waals surface area contributed by atoms with Gasteiger partial charge in [0.05, 0.1) is 17.2 Å². The Morgan fingerprint density at radius 3 is 2.93 bits per heavy atom. The molecular weight excluding hydrogens is 342 g/mol. The zero-order chi connectivity index (χ0) is 18.8. The molecule has 2 aromatic heterocycles. The van der Waals surface area contributed by atoms with Crippen molar-refractivity contribution in [3.8, 4) is 0 Å². The lowest BCUT2D eigenvalue weighted by Gasteiger charge is -2.29. The SMILES string of the molecule is CN1CCCC(Cc2nc3ccccc3n2CC(=O)Nc2cnn(C)n2)C1. The summed E-state index contributed by atoms with van der Waals surface area (Å²) in [6.07, 6.45) is 4.86. The van der Waals surface area contributed by atoms with E-state index in [-0.39, 0.29) is 12.5 Å². The number of nitrogens with one attached hydrogen (secondary N) is 1. The van der Waals surface area contributed by atoms with Crippen LogP contribution in [0.25, 0.3) is 11.0 Å². The van der Waals surface area contributed by atoms with Crippen molar-refractivity contribution < 1.29 is 4.79 Å². The van der Waals surface area contributed by atoms with Crippen LogP contribution in [0, 0.1) is 5.92 Å². The van der Waals surface area contributed by atoms with E-state index in [0.29, 0.717) is 11.7 Å². The van der Waals surface area contributed by atoms with Gasteiger partial charge in [-0.05, 0) is 44.5 Å². The standard InChI is InChI=1S/C19H25N7O/c1-24-9-5-6-14(12-24)10-18-21-15-7-3-4-8-16(15)26(18)13-19(27)22-17-11-20-25(2)23-17/h3-4,7-8,11,14H,5-6,9-10,12-13H2,1-2H3,(H,22,23,27). The van der Waals surface area contributed by atoms with Gasteiger partial charge in [-0.15, -0.1) is 5.10 Å². The summed E-state index contributed by atoms with van der Waals surface area (Å²) in [6.45, 7) is 2.46. The van der Waals surface area contributed by atoms with Crippen LogP contribution in [-0.2, 0) is 24.8 Å². The van der Waals surface area contributed by atoms with Gasteiger partial charge in [-0.2, -0.15) is 9.90 Å². The lowest BCUT2D eigenvalue weighted by atomic mass is 9.95. The number of amides is 1. The largest absolute Gasteiger partial charge is 0.318 e. The number of nitrogens with zero attached hydrogens (tertiary/aromatic N) is 6. The lowest BCUT2D eigenvalue weighted by molar-refractivity contribution is -0.116. The van der Waals surface area contributed by atoms with Crippen molar-refractivity contribution in [1.82, 2.24) is 29.4 Å². The van der Waals surface area contributed by atoms with Crippen LogP contribution in [0.15, 0.2) is 30.5 Å². The number of anilines is 1. The van der Waals surface area contributed by atoms with Gasteiger partial charge in [-0.1, -0.05) is 12.1 Å². The third-order valence-electron chi connectivity index (χ3n) is 5.10. The molecule has 142 valence electrons. The fraction of sp³-hybridized carbons (Fsp3) is 0.474. The van der Waals surface area contributed by atoms with Gasteiger partial charge in [-0.25, -0.2) is 4.98 Å². The number of carbonyl (C=O) groups excluding carboxylic acids is 1. The maximum absolute atomic E-state index is 12.6. The van der Waals surface area contributed by atoms with E-state index >= 15 is 0 Å². The maximum atomic E-state index is 12.6. The van der Waals surface area contributed by atoms with Crippen LogP contribution in [0.4, 0.5) is 5.82 Å². The highest BCUT2D eigenvalue weighted by molar-refractivity contribution is 5.90. The Labute approximate surface area is 158 Å². The number of aromatic nitrogens is 5. The number of carbonyl (C=O) groups is 1. The number of benzene rings is 1. The summed E-state index contributed by atoms with van der Waals surface area (Å²) in [4.78, 5) is 21.2. The van der Waals surface area contributed by atoms with E-state index in [1.165, 1.54) is 17.6 Å². The molecule has 0 bridgehead atoms. The van der Waals surface area contributed by atoms with Gasteiger partial charge in [0.15, 0.2) is 5.82 Å². The van der Waals surface area contributed by atoms with E-state index in [2.05, 4.69) is 27.5 Å². The van der Waals surface area contributed by atoms with Crippen LogP contribution < -0.4 is 5.32 Å². The van der Waals surface area contributed by atoms with Crippen LogP contribution in [-0.4, -0.2) is 55.5 Å². The Hall–Kier alpha value is -2.74. The Morgan fingerprint density at radius 2 is 2.15 bits per heavy atom. The molecule has 3 heterocycles. The van der Waals surface area contributed by atoms with Gasteiger partial charge < -0.3 is 14.8 Å². The number of likely N-dealkylation sites (tertiary alicyclic amines) is 1. The minimum atomic E-state index is -0.124. The van der Waals surface area contributed by atoms with E-state index in [4.69, 9.17) is 4.98 Å². The summed E-state index contributed by atoms with van der Waals surface area (Å²) < 4.78 is 2.04. The highest BCUT2D eigenvalue weighted by atomic mass is 16.2. The van der Waals surface area contributed by atoms with Gasteiger partial charge in [-0.3, -0.25) is 4.79 Å². The number of imidazole rings is 1. The Morgan fingerprint density at radius 1 is 1.30 bits per heavy atom. The first-order valence-electron chi connectivity index (χ1n) is 9.37. The summed E-state index contributed by atoms with van der Waals surface area (Å²) in [5, 5.41) is 10.9. The summed E-state index contributed by atoms with van der Waals surface area (Å²) in [5.41, 5.74) is 1.93. The van der Waals surface area contributed by atoms with Crippen molar-refractivity contribution in [2.75, 3.05) is 25.5 Å². The summed E-state index contributed by atoms with van der Waals surface area (Å²) in [7, 11) is 3.89. The summed E-state index contributed by atoms with van der Waals surface area (Å²) in [6, 6.07) is 7.99. The van der Waals surface area contributed by atoms with E-state index in [1.54, 1.807) is 13.2 Å². The van der Waals surface area contributed by atoms with Crippen molar-refractivity contribution in [3.63, 3.8) is 0 Å². The van der Waals surface area contributed by atoms with Crippen molar-refractivity contribution in [1.29, 1.82) is 0 Å². The molecule has 1 aromatic carbocycles. The molecule has 1 N–H and O–H groups in total. The number of para-hydroxylation sites is 2. The summed E-state index contributed by atoms with van der Waals surface area (Å²) >= 11 is 0. The zero-order valence-electron chi connectivity index (χ0n) is 15.8. The number of hydrogen-bond acceptors (Lipinski definition) is 5. The molecule has 8 heteroatoms. The van der Waals surface area contributed by atoms with Gasteiger partial charge in [0, 0.05) is 20.0 Å². The van der Waals surface area contributed by atoms with Gasteiger partial charge >= 0.3 is 0 Å². The predicted molar refractivity (Wildman–Crippen MR) is 103 cm³/mol. The van der Waals surface area contributed by atoms with Gasteiger partial charge in [0.25, 0.3) is 0 Å². The molecule has 0 spiro atoms. The average molecular weight is 367 g/mol. The van der Waals surface area contributed by atoms with E-state index in [9.17, 15) is 4.79 Å². The molecule has 1 fully saturated rings. The molecule has 0 saturated carbocycles. The molecule has 27 heavy (non-hydrogen) atoms. The van der Waals surface area contributed by atoms with Crippen molar-refractivity contribution >= 4 is 22.8 Å². The van der Waals surface area contributed by atoms with Crippen LogP contribution in [0.5, 0.6) is 0 Å². The van der Waals surface area contributed by atoms with Crippen LogP contribution in [0.3, 0.4) is 0 Å². The number of hydrogen-bond donors (Lipinski definition) is 1. The minimum Gasteiger partial charge on any atom is -0.318 e. The average Bonchev–Trinajstić information content (AvgIpc) is 3.19. The molecule has 8 nitrogen and oxygen atoms in total. The van der Waals surface area contributed by atoms with Gasteiger partial charge in [0.1, 0.15) is 12.4 Å². The number of rotatable bonds is 5. The third-order valence-corrected chi connectivity index (χ3v) is 5.10. The molecule has 1 aliphatic heterocycles. The Balaban J connectivity index is 1.57. The van der Waals surface area contributed by atoms with Crippen molar-refractivity contribution in [2.45, 2.75) is 25.8 Å². The van der Waals surface area contributed by atoms with Crippen LogP contribution >= 0.6 is 0 Å². The van der Waals surface area contributed by atoms with Crippen molar-refractivity contribution in [3.05, 3.63) is 36.3 Å². The Bertz CT molecular complexity index is 945. The lowest BCUT2D eigenvalue weighted by Crippen LogP contribution is -2.33. The fourth-order valence-corrected chi connectivity index (χ4v) is 3.88.